The Hall–Kier alpha value is -1.10. The number of carbonyl (C=O) groups is 2. The monoisotopic (exact) mass is 284 g/mol. The first kappa shape index (κ1) is 17.0. The molecule has 0 aromatic heterocycles. The number of likely N-dealkylation sites (tertiary alicyclic amines) is 1. The van der Waals surface area contributed by atoms with E-state index in [1.165, 1.54) is 0 Å². The number of carboxylic acids is 1. The summed E-state index contributed by atoms with van der Waals surface area (Å²) in [6, 6.07) is 0.250. The van der Waals surface area contributed by atoms with Gasteiger partial charge >= 0.3 is 5.97 Å². The number of rotatable bonds is 6. The van der Waals surface area contributed by atoms with Gasteiger partial charge in [0.15, 0.2) is 0 Å². The molecular weight excluding hydrogens is 256 g/mol. The van der Waals surface area contributed by atoms with Gasteiger partial charge in [0, 0.05) is 38.1 Å². The summed E-state index contributed by atoms with van der Waals surface area (Å²) in [4.78, 5) is 26.7. The maximum absolute atomic E-state index is 11.9. The summed E-state index contributed by atoms with van der Waals surface area (Å²) < 4.78 is 0. The fourth-order valence-electron chi connectivity index (χ4n) is 2.68. The summed E-state index contributed by atoms with van der Waals surface area (Å²) in [6.07, 6.45) is 3.08. The molecule has 0 radical (unpaired) electrons. The molecule has 116 valence electrons. The maximum atomic E-state index is 11.9. The highest BCUT2D eigenvalue weighted by molar-refractivity contribution is 5.80. The SMILES string of the molecule is CCC(C)(C)N1CCC(N(C)C(=O)CCC(=O)O)CC1. The first-order valence-electron chi connectivity index (χ1n) is 7.50. The van der Waals surface area contributed by atoms with Gasteiger partial charge in [0.2, 0.25) is 5.91 Å². The van der Waals surface area contributed by atoms with E-state index in [1.807, 2.05) is 0 Å². The number of carboxylic acid groups (broad SMARTS) is 1. The van der Waals surface area contributed by atoms with Gasteiger partial charge in [-0.25, -0.2) is 0 Å². The van der Waals surface area contributed by atoms with Crippen LogP contribution in [-0.4, -0.2) is 58.5 Å². The standard InChI is InChI=1S/C15H28N2O3/c1-5-15(2,3)17-10-8-12(9-11-17)16(4)13(18)6-7-14(19)20/h12H,5-11H2,1-4H3,(H,19,20). The number of piperidine rings is 1. The van der Waals surface area contributed by atoms with E-state index < -0.39 is 5.97 Å². The Morgan fingerprint density at radius 3 is 2.25 bits per heavy atom. The van der Waals surface area contributed by atoms with Crippen LogP contribution in [0, 0.1) is 0 Å². The second kappa shape index (κ2) is 7.07. The molecular formula is C15H28N2O3. The quantitative estimate of drug-likeness (QED) is 0.810. The van der Waals surface area contributed by atoms with Crippen molar-refractivity contribution in [1.82, 2.24) is 9.80 Å². The Morgan fingerprint density at radius 2 is 1.80 bits per heavy atom. The largest absolute Gasteiger partial charge is 0.481 e. The van der Waals surface area contributed by atoms with E-state index >= 15 is 0 Å². The van der Waals surface area contributed by atoms with Crippen LogP contribution in [0.1, 0.15) is 52.9 Å². The molecule has 0 aromatic carbocycles. The fraction of sp³-hybridized carbons (Fsp3) is 0.867. The first-order valence-corrected chi connectivity index (χ1v) is 7.50. The normalized spacial score (nSPS) is 18.0. The second-order valence-corrected chi connectivity index (χ2v) is 6.28. The molecule has 1 fully saturated rings. The Kier molecular flexibility index (Phi) is 5.99. The van der Waals surface area contributed by atoms with Crippen molar-refractivity contribution in [3.8, 4) is 0 Å². The third kappa shape index (κ3) is 4.47. The average molecular weight is 284 g/mol. The van der Waals surface area contributed by atoms with Gasteiger partial charge in [-0.15, -0.1) is 0 Å². The molecule has 1 heterocycles. The first-order chi connectivity index (χ1) is 9.27. The molecule has 1 rings (SSSR count). The van der Waals surface area contributed by atoms with Crippen molar-refractivity contribution in [3.05, 3.63) is 0 Å². The Balaban J connectivity index is 2.44. The fourth-order valence-corrected chi connectivity index (χ4v) is 2.68. The van der Waals surface area contributed by atoms with Crippen LogP contribution in [0.5, 0.6) is 0 Å². The van der Waals surface area contributed by atoms with Gasteiger partial charge in [0.05, 0.1) is 6.42 Å². The van der Waals surface area contributed by atoms with Gasteiger partial charge in [-0.2, -0.15) is 0 Å². The van der Waals surface area contributed by atoms with E-state index in [1.54, 1.807) is 11.9 Å². The predicted octanol–water partition coefficient (Wildman–Crippen LogP) is 1.96. The van der Waals surface area contributed by atoms with E-state index in [4.69, 9.17) is 5.11 Å². The van der Waals surface area contributed by atoms with Crippen LogP contribution in [0.4, 0.5) is 0 Å². The van der Waals surface area contributed by atoms with Gasteiger partial charge in [-0.05, 0) is 33.1 Å². The average Bonchev–Trinajstić information content (AvgIpc) is 2.44. The lowest BCUT2D eigenvalue weighted by molar-refractivity contribution is -0.141. The van der Waals surface area contributed by atoms with Crippen molar-refractivity contribution < 1.29 is 14.7 Å². The van der Waals surface area contributed by atoms with Gasteiger partial charge < -0.3 is 10.0 Å². The van der Waals surface area contributed by atoms with Crippen LogP contribution in [0.2, 0.25) is 0 Å². The van der Waals surface area contributed by atoms with E-state index in [2.05, 4.69) is 25.7 Å². The zero-order valence-electron chi connectivity index (χ0n) is 13.2. The molecule has 0 saturated carbocycles. The minimum Gasteiger partial charge on any atom is -0.481 e. The van der Waals surface area contributed by atoms with Gasteiger partial charge in [0.25, 0.3) is 0 Å². The Morgan fingerprint density at radius 1 is 1.25 bits per heavy atom. The summed E-state index contributed by atoms with van der Waals surface area (Å²) in [7, 11) is 1.80. The highest BCUT2D eigenvalue weighted by Crippen LogP contribution is 2.25. The molecule has 1 aliphatic heterocycles. The summed E-state index contributed by atoms with van der Waals surface area (Å²) in [6.45, 7) is 8.72. The molecule has 1 amide bonds. The zero-order chi connectivity index (χ0) is 15.3. The van der Waals surface area contributed by atoms with Gasteiger partial charge in [0.1, 0.15) is 0 Å². The molecule has 0 unspecified atom stereocenters. The Bertz CT molecular complexity index is 347. The molecule has 5 nitrogen and oxygen atoms in total. The number of hydrogen-bond donors (Lipinski definition) is 1. The number of carbonyl (C=O) groups excluding carboxylic acids is 1. The summed E-state index contributed by atoms with van der Waals surface area (Å²) in [5, 5.41) is 8.63. The molecule has 1 N–H and O–H groups in total. The molecule has 5 heteroatoms. The molecule has 0 aliphatic carbocycles. The van der Waals surface area contributed by atoms with Crippen molar-refractivity contribution in [3.63, 3.8) is 0 Å². The van der Waals surface area contributed by atoms with Crippen molar-refractivity contribution in [2.75, 3.05) is 20.1 Å². The lowest BCUT2D eigenvalue weighted by atomic mass is 9.93. The maximum Gasteiger partial charge on any atom is 0.303 e. The molecule has 1 saturated heterocycles. The summed E-state index contributed by atoms with van der Waals surface area (Å²) >= 11 is 0. The molecule has 0 bridgehead atoms. The van der Waals surface area contributed by atoms with Crippen molar-refractivity contribution in [1.29, 1.82) is 0 Å². The van der Waals surface area contributed by atoms with Crippen LogP contribution in [-0.2, 0) is 9.59 Å². The van der Waals surface area contributed by atoms with Gasteiger partial charge in [-0.3, -0.25) is 14.5 Å². The Labute approximate surface area is 121 Å². The number of nitrogens with zero attached hydrogens (tertiary/aromatic N) is 2. The minimum atomic E-state index is -0.911. The smallest absolute Gasteiger partial charge is 0.303 e. The predicted molar refractivity (Wildman–Crippen MR) is 78.6 cm³/mol. The molecule has 0 atom stereocenters. The minimum absolute atomic E-state index is 0.0550. The van der Waals surface area contributed by atoms with Crippen molar-refractivity contribution >= 4 is 11.9 Å². The van der Waals surface area contributed by atoms with Crippen LogP contribution < -0.4 is 0 Å². The third-order valence-electron chi connectivity index (χ3n) is 4.68. The highest BCUT2D eigenvalue weighted by atomic mass is 16.4. The van der Waals surface area contributed by atoms with E-state index in [0.29, 0.717) is 0 Å². The molecule has 20 heavy (non-hydrogen) atoms. The lowest BCUT2D eigenvalue weighted by Gasteiger charge is -2.44. The van der Waals surface area contributed by atoms with E-state index in [-0.39, 0.29) is 30.3 Å². The topological polar surface area (TPSA) is 60.9 Å². The summed E-state index contributed by atoms with van der Waals surface area (Å²) in [5.41, 5.74) is 0.219. The van der Waals surface area contributed by atoms with Crippen LogP contribution in [0.15, 0.2) is 0 Å². The number of aliphatic carboxylic acids is 1. The van der Waals surface area contributed by atoms with E-state index in [0.717, 1.165) is 32.4 Å². The molecule has 0 spiro atoms. The summed E-state index contributed by atoms with van der Waals surface area (Å²) in [5.74, 6) is -0.966. The molecule has 0 aromatic rings. The van der Waals surface area contributed by atoms with Crippen molar-refractivity contribution in [2.24, 2.45) is 0 Å². The second-order valence-electron chi connectivity index (χ2n) is 6.28. The number of hydrogen-bond acceptors (Lipinski definition) is 3. The number of amides is 1. The van der Waals surface area contributed by atoms with Crippen LogP contribution in [0.25, 0.3) is 0 Å². The van der Waals surface area contributed by atoms with Crippen LogP contribution in [0.3, 0.4) is 0 Å². The molecule has 1 aliphatic rings. The lowest BCUT2D eigenvalue weighted by Crippen LogP contribution is -2.52. The zero-order valence-corrected chi connectivity index (χ0v) is 13.2. The highest BCUT2D eigenvalue weighted by Gasteiger charge is 2.31. The van der Waals surface area contributed by atoms with Crippen molar-refractivity contribution in [2.45, 2.75) is 64.5 Å². The third-order valence-corrected chi connectivity index (χ3v) is 4.68. The van der Waals surface area contributed by atoms with Crippen LogP contribution >= 0.6 is 0 Å². The van der Waals surface area contributed by atoms with E-state index in [9.17, 15) is 9.59 Å². The van der Waals surface area contributed by atoms with Gasteiger partial charge in [-0.1, -0.05) is 6.92 Å².